The number of rotatable bonds is 6. The van der Waals surface area contributed by atoms with Crippen molar-refractivity contribution in [2.45, 2.75) is 24.8 Å². The van der Waals surface area contributed by atoms with Crippen LogP contribution >= 0.6 is 0 Å². The minimum atomic E-state index is -3.86. The Balaban J connectivity index is 1.61. The molecule has 0 bridgehead atoms. The largest absolute Gasteiger partial charge is 0.496 e. The number of amides is 1. The van der Waals surface area contributed by atoms with Crippen LogP contribution in [0.3, 0.4) is 0 Å². The Hall–Kier alpha value is -3.39. The highest BCUT2D eigenvalue weighted by Crippen LogP contribution is 2.34. The van der Waals surface area contributed by atoms with Gasteiger partial charge in [0.1, 0.15) is 11.6 Å². The van der Waals surface area contributed by atoms with Crippen LogP contribution in [0.25, 0.3) is 0 Å². The van der Waals surface area contributed by atoms with Gasteiger partial charge >= 0.3 is 0 Å². The molecule has 1 amide bonds. The molecule has 0 aromatic heterocycles. The van der Waals surface area contributed by atoms with Crippen molar-refractivity contribution >= 4 is 21.6 Å². The highest BCUT2D eigenvalue weighted by Gasteiger charge is 2.31. The molecule has 1 heterocycles. The molecular formula is C24H23FN2O4S. The number of carbonyl (C=O) groups is 1. The van der Waals surface area contributed by atoms with Gasteiger partial charge in [-0.25, -0.2) is 12.8 Å². The van der Waals surface area contributed by atoms with Crippen molar-refractivity contribution in [3.8, 4) is 5.75 Å². The van der Waals surface area contributed by atoms with Crippen LogP contribution < -0.4 is 14.4 Å². The summed E-state index contributed by atoms with van der Waals surface area (Å²) in [6.07, 6.45) is 0.631. The first-order valence-corrected chi connectivity index (χ1v) is 11.6. The van der Waals surface area contributed by atoms with Crippen molar-refractivity contribution in [3.63, 3.8) is 0 Å². The van der Waals surface area contributed by atoms with Crippen molar-refractivity contribution in [1.29, 1.82) is 0 Å². The van der Waals surface area contributed by atoms with Crippen LogP contribution in [0.2, 0.25) is 0 Å². The summed E-state index contributed by atoms with van der Waals surface area (Å²) in [6.45, 7) is 2.09. The number of sulfonamides is 1. The van der Waals surface area contributed by atoms with Crippen molar-refractivity contribution in [1.82, 2.24) is 5.32 Å². The van der Waals surface area contributed by atoms with E-state index in [4.69, 9.17) is 4.74 Å². The standard InChI is InChI=1S/C24H23FN2O4S/c1-16-7-8-17(13-21(16)25)15-26-24(28)20-14-19(9-10-23(20)31-2)32(29,30)27-12-11-18-5-3-4-6-22(18)27/h3-10,13-14H,11-12,15H2,1-2H3,(H,26,28). The second kappa shape index (κ2) is 8.63. The van der Waals surface area contributed by atoms with E-state index in [1.165, 1.54) is 35.7 Å². The number of nitrogens with zero attached hydrogens (tertiary/aromatic N) is 1. The molecule has 0 spiro atoms. The van der Waals surface area contributed by atoms with Gasteiger partial charge in [0.05, 0.1) is 23.3 Å². The zero-order valence-corrected chi connectivity index (χ0v) is 18.6. The lowest BCUT2D eigenvalue weighted by atomic mass is 10.1. The zero-order chi connectivity index (χ0) is 22.9. The van der Waals surface area contributed by atoms with E-state index in [0.29, 0.717) is 29.8 Å². The average Bonchev–Trinajstić information content (AvgIpc) is 3.24. The minimum Gasteiger partial charge on any atom is -0.496 e. The van der Waals surface area contributed by atoms with Crippen LogP contribution in [0, 0.1) is 12.7 Å². The lowest BCUT2D eigenvalue weighted by molar-refractivity contribution is 0.0947. The third-order valence-electron chi connectivity index (χ3n) is 5.54. The van der Waals surface area contributed by atoms with E-state index in [2.05, 4.69) is 5.32 Å². The highest BCUT2D eigenvalue weighted by atomic mass is 32.2. The second-order valence-electron chi connectivity index (χ2n) is 7.58. The molecule has 1 aliphatic heterocycles. The van der Waals surface area contributed by atoms with Gasteiger partial charge in [0.15, 0.2) is 0 Å². The fraction of sp³-hybridized carbons (Fsp3) is 0.208. The molecule has 0 saturated heterocycles. The fourth-order valence-electron chi connectivity index (χ4n) is 3.73. The molecule has 0 unspecified atom stereocenters. The Bertz CT molecular complexity index is 1290. The summed E-state index contributed by atoms with van der Waals surface area (Å²) in [5.41, 5.74) is 2.82. The number of para-hydroxylation sites is 1. The molecule has 1 N–H and O–H groups in total. The highest BCUT2D eigenvalue weighted by molar-refractivity contribution is 7.92. The third-order valence-corrected chi connectivity index (χ3v) is 7.35. The average molecular weight is 455 g/mol. The number of methoxy groups -OCH3 is 1. The number of benzene rings is 3. The molecule has 0 aliphatic carbocycles. The summed E-state index contributed by atoms with van der Waals surface area (Å²) in [4.78, 5) is 12.9. The molecule has 6 nitrogen and oxygen atoms in total. The number of hydrogen-bond acceptors (Lipinski definition) is 4. The van der Waals surface area contributed by atoms with Crippen molar-refractivity contribution in [2.75, 3.05) is 18.0 Å². The van der Waals surface area contributed by atoms with E-state index in [-0.39, 0.29) is 28.6 Å². The van der Waals surface area contributed by atoms with Gasteiger partial charge in [-0.3, -0.25) is 9.10 Å². The van der Waals surface area contributed by atoms with Crippen molar-refractivity contribution in [3.05, 3.63) is 88.7 Å². The summed E-state index contributed by atoms with van der Waals surface area (Å²) in [5.74, 6) is -0.617. The number of ether oxygens (including phenoxy) is 1. The summed E-state index contributed by atoms with van der Waals surface area (Å²) in [7, 11) is -2.45. The number of fused-ring (bicyclic) bond motifs is 1. The van der Waals surface area contributed by atoms with Crippen LogP contribution in [0.5, 0.6) is 5.75 Å². The summed E-state index contributed by atoms with van der Waals surface area (Å²) in [6, 6.07) is 16.3. The molecule has 0 saturated carbocycles. The molecule has 0 fully saturated rings. The molecule has 166 valence electrons. The first-order valence-electron chi connectivity index (χ1n) is 10.1. The lowest BCUT2D eigenvalue weighted by Crippen LogP contribution is -2.30. The number of halogens is 1. The lowest BCUT2D eigenvalue weighted by Gasteiger charge is -2.20. The molecule has 4 rings (SSSR count). The van der Waals surface area contributed by atoms with E-state index in [1.54, 1.807) is 31.2 Å². The maximum Gasteiger partial charge on any atom is 0.264 e. The van der Waals surface area contributed by atoms with Crippen LogP contribution in [-0.4, -0.2) is 28.0 Å². The Kier molecular flexibility index (Phi) is 5.88. The van der Waals surface area contributed by atoms with Gasteiger partial charge in [-0.15, -0.1) is 0 Å². The van der Waals surface area contributed by atoms with Gasteiger partial charge in [0.25, 0.3) is 15.9 Å². The normalized spacial score (nSPS) is 13.0. The second-order valence-corrected chi connectivity index (χ2v) is 9.45. The Morgan fingerprint density at radius 2 is 1.91 bits per heavy atom. The molecule has 32 heavy (non-hydrogen) atoms. The smallest absolute Gasteiger partial charge is 0.264 e. The zero-order valence-electron chi connectivity index (χ0n) is 17.8. The molecule has 3 aromatic carbocycles. The van der Waals surface area contributed by atoms with Crippen molar-refractivity contribution in [2.24, 2.45) is 0 Å². The van der Waals surface area contributed by atoms with E-state index >= 15 is 0 Å². The third kappa shape index (κ3) is 4.05. The number of anilines is 1. The predicted molar refractivity (Wildman–Crippen MR) is 120 cm³/mol. The molecular weight excluding hydrogens is 431 g/mol. The molecule has 0 radical (unpaired) electrons. The maximum absolute atomic E-state index is 13.8. The minimum absolute atomic E-state index is 0.00142. The fourth-order valence-corrected chi connectivity index (χ4v) is 5.26. The number of aryl methyl sites for hydroxylation is 1. The first-order chi connectivity index (χ1) is 15.3. The topological polar surface area (TPSA) is 75.7 Å². The molecule has 8 heteroatoms. The maximum atomic E-state index is 13.8. The first kappa shape index (κ1) is 21.8. The Labute approximate surface area is 186 Å². The monoisotopic (exact) mass is 454 g/mol. The summed E-state index contributed by atoms with van der Waals surface area (Å²) >= 11 is 0. The number of hydrogen-bond donors (Lipinski definition) is 1. The van der Waals surface area contributed by atoms with Gasteiger partial charge in [-0.1, -0.05) is 30.3 Å². The van der Waals surface area contributed by atoms with E-state index < -0.39 is 15.9 Å². The van der Waals surface area contributed by atoms with Crippen molar-refractivity contribution < 1.29 is 22.3 Å². The van der Waals surface area contributed by atoms with Gasteiger partial charge < -0.3 is 10.1 Å². The van der Waals surface area contributed by atoms with Gasteiger partial charge in [0.2, 0.25) is 0 Å². The van der Waals surface area contributed by atoms with Gasteiger partial charge in [0, 0.05) is 13.1 Å². The van der Waals surface area contributed by atoms with Gasteiger partial charge in [-0.05, 0) is 60.4 Å². The Morgan fingerprint density at radius 3 is 2.66 bits per heavy atom. The van der Waals surface area contributed by atoms with Crippen LogP contribution in [0.4, 0.5) is 10.1 Å². The molecule has 0 atom stereocenters. The quantitative estimate of drug-likeness (QED) is 0.614. The number of carbonyl (C=O) groups excluding carboxylic acids is 1. The van der Waals surface area contributed by atoms with E-state index in [9.17, 15) is 17.6 Å². The van der Waals surface area contributed by atoms with Crippen LogP contribution in [0.1, 0.15) is 27.0 Å². The van der Waals surface area contributed by atoms with E-state index in [0.717, 1.165) is 5.56 Å². The molecule has 3 aromatic rings. The number of nitrogens with one attached hydrogen (secondary N) is 1. The predicted octanol–water partition coefficient (Wildman–Crippen LogP) is 3.82. The summed E-state index contributed by atoms with van der Waals surface area (Å²) in [5, 5.41) is 2.71. The molecule has 1 aliphatic rings. The SMILES string of the molecule is COc1ccc(S(=O)(=O)N2CCc3ccccc32)cc1C(=O)NCc1ccc(C)c(F)c1. The van der Waals surface area contributed by atoms with Gasteiger partial charge in [-0.2, -0.15) is 0 Å². The van der Waals surface area contributed by atoms with Crippen LogP contribution in [-0.2, 0) is 23.0 Å². The van der Waals surface area contributed by atoms with Crippen LogP contribution in [0.15, 0.2) is 65.6 Å². The Morgan fingerprint density at radius 1 is 1.12 bits per heavy atom. The van der Waals surface area contributed by atoms with E-state index in [1.807, 2.05) is 12.1 Å². The summed E-state index contributed by atoms with van der Waals surface area (Å²) < 4.78 is 47.1.